The molecule has 0 aromatic carbocycles. The standard InChI is InChI=1S/C18H37NO2/c1-3-4-5-6-7-8-9-10-11-12-14-19-16-18(20)13-15-21-17(18)2/h17,19-20H,3-16H2,1-2H3. The number of nitrogens with one attached hydrogen (secondary N) is 1. The van der Waals surface area contributed by atoms with Crippen molar-refractivity contribution in [3.63, 3.8) is 0 Å². The molecule has 1 aliphatic rings. The van der Waals surface area contributed by atoms with Gasteiger partial charge in [-0.05, 0) is 19.9 Å². The summed E-state index contributed by atoms with van der Waals surface area (Å²) in [5.41, 5.74) is -0.640. The first-order valence-corrected chi connectivity index (χ1v) is 9.24. The van der Waals surface area contributed by atoms with Gasteiger partial charge < -0.3 is 15.2 Å². The van der Waals surface area contributed by atoms with E-state index in [4.69, 9.17) is 4.74 Å². The molecular weight excluding hydrogens is 262 g/mol. The van der Waals surface area contributed by atoms with Crippen LogP contribution in [0.4, 0.5) is 0 Å². The van der Waals surface area contributed by atoms with Crippen LogP contribution in [0.2, 0.25) is 0 Å². The largest absolute Gasteiger partial charge is 0.386 e. The van der Waals surface area contributed by atoms with Gasteiger partial charge in [0.25, 0.3) is 0 Å². The van der Waals surface area contributed by atoms with Crippen molar-refractivity contribution in [2.75, 3.05) is 19.7 Å². The van der Waals surface area contributed by atoms with E-state index in [-0.39, 0.29) is 6.10 Å². The summed E-state index contributed by atoms with van der Waals surface area (Å²) >= 11 is 0. The van der Waals surface area contributed by atoms with E-state index in [1.54, 1.807) is 0 Å². The summed E-state index contributed by atoms with van der Waals surface area (Å²) in [6.07, 6.45) is 14.4. The molecule has 1 heterocycles. The lowest BCUT2D eigenvalue weighted by Gasteiger charge is -2.26. The van der Waals surface area contributed by atoms with Gasteiger partial charge in [0, 0.05) is 19.6 Å². The fourth-order valence-electron chi connectivity index (χ4n) is 3.05. The summed E-state index contributed by atoms with van der Waals surface area (Å²) in [5.74, 6) is 0. The molecule has 3 nitrogen and oxygen atoms in total. The molecule has 0 spiro atoms. The van der Waals surface area contributed by atoms with Gasteiger partial charge >= 0.3 is 0 Å². The van der Waals surface area contributed by atoms with Gasteiger partial charge in [-0.2, -0.15) is 0 Å². The monoisotopic (exact) mass is 299 g/mol. The van der Waals surface area contributed by atoms with E-state index in [9.17, 15) is 5.11 Å². The van der Waals surface area contributed by atoms with Crippen molar-refractivity contribution in [3.05, 3.63) is 0 Å². The Bertz CT molecular complexity index is 247. The topological polar surface area (TPSA) is 41.5 Å². The van der Waals surface area contributed by atoms with Crippen LogP contribution in [0.25, 0.3) is 0 Å². The Morgan fingerprint density at radius 1 is 1.00 bits per heavy atom. The molecule has 21 heavy (non-hydrogen) atoms. The van der Waals surface area contributed by atoms with Crippen LogP contribution in [-0.2, 0) is 4.74 Å². The Balaban J connectivity index is 1.81. The molecule has 0 saturated carbocycles. The van der Waals surface area contributed by atoms with Gasteiger partial charge in [0.2, 0.25) is 0 Å². The maximum atomic E-state index is 10.3. The third-order valence-corrected chi connectivity index (χ3v) is 4.80. The van der Waals surface area contributed by atoms with E-state index in [0.717, 1.165) is 13.0 Å². The van der Waals surface area contributed by atoms with E-state index >= 15 is 0 Å². The van der Waals surface area contributed by atoms with Crippen molar-refractivity contribution >= 4 is 0 Å². The molecule has 2 atom stereocenters. The zero-order chi connectivity index (χ0) is 15.4. The van der Waals surface area contributed by atoms with E-state index in [1.165, 1.54) is 64.2 Å². The minimum Gasteiger partial charge on any atom is -0.386 e. The first-order valence-electron chi connectivity index (χ1n) is 9.24. The van der Waals surface area contributed by atoms with E-state index in [2.05, 4.69) is 12.2 Å². The highest BCUT2D eigenvalue weighted by Crippen LogP contribution is 2.24. The van der Waals surface area contributed by atoms with Gasteiger partial charge in [-0.3, -0.25) is 0 Å². The van der Waals surface area contributed by atoms with Gasteiger partial charge in [-0.1, -0.05) is 64.7 Å². The van der Waals surface area contributed by atoms with Crippen molar-refractivity contribution in [2.24, 2.45) is 0 Å². The molecule has 0 aromatic heterocycles. The van der Waals surface area contributed by atoms with Gasteiger partial charge in [-0.15, -0.1) is 0 Å². The van der Waals surface area contributed by atoms with E-state index in [0.29, 0.717) is 13.2 Å². The lowest BCUT2D eigenvalue weighted by atomic mass is 9.97. The Labute approximate surface area is 131 Å². The maximum Gasteiger partial charge on any atom is 0.105 e. The molecule has 1 rings (SSSR count). The molecule has 0 aliphatic carbocycles. The second kappa shape index (κ2) is 11.4. The summed E-state index contributed by atoms with van der Waals surface area (Å²) in [4.78, 5) is 0. The molecule has 126 valence electrons. The third-order valence-electron chi connectivity index (χ3n) is 4.80. The normalized spacial score (nSPS) is 25.6. The number of unbranched alkanes of at least 4 members (excludes halogenated alkanes) is 9. The van der Waals surface area contributed by atoms with Gasteiger partial charge in [-0.25, -0.2) is 0 Å². The highest BCUT2D eigenvalue weighted by molar-refractivity contribution is 4.91. The number of hydrogen-bond donors (Lipinski definition) is 2. The Morgan fingerprint density at radius 3 is 2.10 bits per heavy atom. The smallest absolute Gasteiger partial charge is 0.105 e. The molecule has 0 aromatic rings. The minimum absolute atomic E-state index is 0.0299. The Hall–Kier alpha value is -0.120. The van der Waals surface area contributed by atoms with Crippen LogP contribution in [0.15, 0.2) is 0 Å². The quantitative estimate of drug-likeness (QED) is 0.504. The molecule has 2 N–H and O–H groups in total. The molecule has 0 radical (unpaired) electrons. The first-order chi connectivity index (χ1) is 10.2. The predicted molar refractivity (Wildman–Crippen MR) is 89.7 cm³/mol. The second-order valence-corrected chi connectivity index (χ2v) is 6.73. The average molecular weight is 299 g/mol. The number of ether oxygens (including phenoxy) is 1. The summed E-state index contributed by atoms with van der Waals surface area (Å²) in [7, 11) is 0. The first kappa shape index (κ1) is 18.9. The van der Waals surface area contributed by atoms with Crippen molar-refractivity contribution in [1.29, 1.82) is 0 Å². The number of hydrogen-bond acceptors (Lipinski definition) is 3. The van der Waals surface area contributed by atoms with Crippen LogP contribution in [0.1, 0.15) is 84.5 Å². The fourth-order valence-corrected chi connectivity index (χ4v) is 3.05. The predicted octanol–water partition coefficient (Wildman–Crippen LogP) is 4.04. The zero-order valence-electron chi connectivity index (χ0n) is 14.3. The van der Waals surface area contributed by atoms with Crippen molar-refractivity contribution in [3.8, 4) is 0 Å². The molecule has 3 heteroatoms. The number of rotatable bonds is 13. The average Bonchev–Trinajstić information content (AvgIpc) is 2.80. The van der Waals surface area contributed by atoms with Crippen LogP contribution in [0.5, 0.6) is 0 Å². The van der Waals surface area contributed by atoms with E-state index in [1.807, 2.05) is 6.92 Å². The Kier molecular flexibility index (Phi) is 10.3. The minimum atomic E-state index is -0.640. The van der Waals surface area contributed by atoms with Gasteiger partial charge in [0.05, 0.1) is 6.10 Å². The summed E-state index contributed by atoms with van der Waals surface area (Å²) in [5, 5.41) is 13.7. The molecule has 1 aliphatic heterocycles. The zero-order valence-corrected chi connectivity index (χ0v) is 14.3. The van der Waals surface area contributed by atoms with Crippen LogP contribution < -0.4 is 5.32 Å². The lowest BCUT2D eigenvalue weighted by molar-refractivity contribution is -0.0260. The summed E-state index contributed by atoms with van der Waals surface area (Å²) < 4.78 is 5.44. The van der Waals surface area contributed by atoms with Crippen LogP contribution >= 0.6 is 0 Å². The molecule has 1 fully saturated rings. The van der Waals surface area contributed by atoms with Crippen LogP contribution in [0.3, 0.4) is 0 Å². The number of aliphatic hydroxyl groups is 1. The molecule has 0 bridgehead atoms. The molecule has 1 saturated heterocycles. The SMILES string of the molecule is CCCCCCCCCCCCNCC1(O)CCOC1C. The van der Waals surface area contributed by atoms with E-state index < -0.39 is 5.60 Å². The highest BCUT2D eigenvalue weighted by Gasteiger charge is 2.38. The second-order valence-electron chi connectivity index (χ2n) is 6.73. The summed E-state index contributed by atoms with van der Waals surface area (Å²) in [6, 6.07) is 0. The molecule has 2 unspecified atom stereocenters. The Morgan fingerprint density at radius 2 is 1.57 bits per heavy atom. The van der Waals surface area contributed by atoms with Crippen molar-refractivity contribution < 1.29 is 9.84 Å². The van der Waals surface area contributed by atoms with Gasteiger partial charge in [0.1, 0.15) is 5.60 Å². The highest BCUT2D eigenvalue weighted by atomic mass is 16.5. The van der Waals surface area contributed by atoms with Crippen LogP contribution in [0, 0.1) is 0 Å². The fraction of sp³-hybridized carbons (Fsp3) is 1.00. The van der Waals surface area contributed by atoms with Gasteiger partial charge in [0.15, 0.2) is 0 Å². The summed E-state index contributed by atoms with van der Waals surface area (Å²) in [6.45, 7) is 6.62. The van der Waals surface area contributed by atoms with Crippen molar-refractivity contribution in [2.45, 2.75) is 96.2 Å². The maximum absolute atomic E-state index is 10.3. The lowest BCUT2D eigenvalue weighted by Crippen LogP contribution is -2.46. The third kappa shape index (κ3) is 8.18. The van der Waals surface area contributed by atoms with Crippen molar-refractivity contribution in [1.82, 2.24) is 5.32 Å². The molecular formula is C18H37NO2. The molecule has 0 amide bonds. The van der Waals surface area contributed by atoms with Crippen LogP contribution in [-0.4, -0.2) is 36.5 Å².